The van der Waals surface area contributed by atoms with Crippen LogP contribution in [0.4, 0.5) is 4.39 Å². The van der Waals surface area contributed by atoms with Crippen molar-refractivity contribution in [2.45, 2.75) is 12.6 Å². The SMILES string of the molecule is CN(Cc1ccccc1)CC(N)c1cccc(F)c1. The first-order valence-electron chi connectivity index (χ1n) is 6.38. The third-order valence-electron chi connectivity index (χ3n) is 3.08. The van der Waals surface area contributed by atoms with Crippen molar-refractivity contribution in [3.8, 4) is 0 Å². The second kappa shape index (κ2) is 6.45. The topological polar surface area (TPSA) is 29.3 Å². The number of nitrogens with zero attached hydrogens (tertiary/aromatic N) is 1. The molecule has 0 amide bonds. The predicted octanol–water partition coefficient (Wildman–Crippen LogP) is 2.96. The van der Waals surface area contributed by atoms with Crippen LogP contribution in [-0.4, -0.2) is 18.5 Å². The van der Waals surface area contributed by atoms with Gasteiger partial charge in [-0.05, 0) is 30.3 Å². The zero-order valence-corrected chi connectivity index (χ0v) is 11.1. The van der Waals surface area contributed by atoms with E-state index in [2.05, 4.69) is 17.0 Å². The average Bonchev–Trinajstić information content (AvgIpc) is 2.39. The zero-order chi connectivity index (χ0) is 13.7. The molecule has 0 fully saturated rings. The molecule has 0 heterocycles. The highest BCUT2D eigenvalue weighted by Gasteiger charge is 2.10. The van der Waals surface area contributed by atoms with Crippen molar-refractivity contribution in [3.63, 3.8) is 0 Å². The molecule has 0 aliphatic carbocycles. The number of hydrogen-bond donors (Lipinski definition) is 1. The maximum atomic E-state index is 13.1. The number of halogens is 1. The van der Waals surface area contributed by atoms with E-state index >= 15 is 0 Å². The molecule has 19 heavy (non-hydrogen) atoms. The van der Waals surface area contributed by atoms with E-state index in [1.165, 1.54) is 17.7 Å². The normalized spacial score (nSPS) is 12.6. The van der Waals surface area contributed by atoms with Gasteiger partial charge < -0.3 is 10.6 Å². The molecule has 0 aromatic heterocycles. The van der Waals surface area contributed by atoms with Gasteiger partial charge in [-0.25, -0.2) is 4.39 Å². The first-order chi connectivity index (χ1) is 9.15. The number of nitrogens with two attached hydrogens (primary N) is 1. The van der Waals surface area contributed by atoms with E-state index in [0.717, 1.165) is 12.1 Å². The predicted molar refractivity (Wildman–Crippen MR) is 76.1 cm³/mol. The van der Waals surface area contributed by atoms with Gasteiger partial charge in [0.2, 0.25) is 0 Å². The molecule has 2 aromatic rings. The lowest BCUT2D eigenvalue weighted by Crippen LogP contribution is -2.28. The van der Waals surface area contributed by atoms with Crippen molar-refractivity contribution < 1.29 is 4.39 Å². The van der Waals surface area contributed by atoms with E-state index < -0.39 is 0 Å². The molecule has 100 valence electrons. The van der Waals surface area contributed by atoms with Gasteiger partial charge in [0.1, 0.15) is 5.82 Å². The largest absolute Gasteiger partial charge is 0.323 e. The molecule has 0 aliphatic rings. The molecule has 2 N–H and O–H groups in total. The fraction of sp³-hybridized carbons (Fsp3) is 0.250. The van der Waals surface area contributed by atoms with Crippen LogP contribution >= 0.6 is 0 Å². The lowest BCUT2D eigenvalue weighted by molar-refractivity contribution is 0.305. The molecule has 1 unspecified atom stereocenters. The quantitative estimate of drug-likeness (QED) is 0.893. The molecular formula is C16H19FN2. The summed E-state index contributed by atoms with van der Waals surface area (Å²) in [4.78, 5) is 2.14. The molecule has 0 spiro atoms. The maximum absolute atomic E-state index is 13.1. The van der Waals surface area contributed by atoms with Gasteiger partial charge in [0.15, 0.2) is 0 Å². The Labute approximate surface area is 113 Å². The maximum Gasteiger partial charge on any atom is 0.123 e. The fourth-order valence-electron chi connectivity index (χ4n) is 2.14. The molecule has 0 saturated carbocycles. The molecule has 2 nitrogen and oxygen atoms in total. The van der Waals surface area contributed by atoms with E-state index in [0.29, 0.717) is 6.54 Å². The summed E-state index contributed by atoms with van der Waals surface area (Å²) in [5.74, 6) is -0.237. The van der Waals surface area contributed by atoms with Crippen LogP contribution in [0.1, 0.15) is 17.2 Å². The highest BCUT2D eigenvalue weighted by molar-refractivity contribution is 5.20. The molecule has 0 radical (unpaired) electrons. The lowest BCUT2D eigenvalue weighted by Gasteiger charge is -2.21. The van der Waals surface area contributed by atoms with E-state index in [-0.39, 0.29) is 11.9 Å². The summed E-state index contributed by atoms with van der Waals surface area (Å²) < 4.78 is 13.1. The Bertz CT molecular complexity index is 513. The highest BCUT2D eigenvalue weighted by atomic mass is 19.1. The Morgan fingerprint density at radius 3 is 2.53 bits per heavy atom. The van der Waals surface area contributed by atoms with E-state index in [9.17, 15) is 4.39 Å². The first-order valence-corrected chi connectivity index (χ1v) is 6.38. The van der Waals surface area contributed by atoms with Crippen molar-refractivity contribution in [3.05, 3.63) is 71.5 Å². The summed E-state index contributed by atoms with van der Waals surface area (Å²) in [6, 6.07) is 16.5. The minimum atomic E-state index is -0.237. The van der Waals surface area contributed by atoms with E-state index in [4.69, 9.17) is 5.73 Å². The molecule has 0 aliphatic heterocycles. The fourth-order valence-corrected chi connectivity index (χ4v) is 2.14. The molecule has 2 rings (SSSR count). The smallest absolute Gasteiger partial charge is 0.123 e. The van der Waals surface area contributed by atoms with Crippen molar-refractivity contribution >= 4 is 0 Å². The van der Waals surface area contributed by atoms with Gasteiger partial charge in [-0.1, -0.05) is 42.5 Å². The van der Waals surface area contributed by atoms with Gasteiger partial charge in [0, 0.05) is 19.1 Å². The minimum Gasteiger partial charge on any atom is -0.323 e. The third-order valence-corrected chi connectivity index (χ3v) is 3.08. The Morgan fingerprint density at radius 1 is 1.11 bits per heavy atom. The van der Waals surface area contributed by atoms with Crippen LogP contribution in [0.5, 0.6) is 0 Å². The summed E-state index contributed by atoms with van der Waals surface area (Å²) in [5, 5.41) is 0. The van der Waals surface area contributed by atoms with Crippen LogP contribution < -0.4 is 5.73 Å². The van der Waals surface area contributed by atoms with Crippen LogP contribution in [0.2, 0.25) is 0 Å². The van der Waals surface area contributed by atoms with Crippen LogP contribution in [0.15, 0.2) is 54.6 Å². The standard InChI is InChI=1S/C16H19FN2/c1-19(11-13-6-3-2-4-7-13)12-16(18)14-8-5-9-15(17)10-14/h2-10,16H,11-12,18H2,1H3. The van der Waals surface area contributed by atoms with Crippen LogP contribution in [-0.2, 0) is 6.54 Å². The number of rotatable bonds is 5. The first kappa shape index (κ1) is 13.7. The summed E-state index contributed by atoms with van der Waals surface area (Å²) in [5.41, 5.74) is 8.19. The average molecular weight is 258 g/mol. The van der Waals surface area contributed by atoms with Crippen LogP contribution in [0.25, 0.3) is 0 Å². The minimum absolute atomic E-state index is 0.176. The molecule has 0 bridgehead atoms. The summed E-state index contributed by atoms with van der Waals surface area (Å²) >= 11 is 0. The van der Waals surface area contributed by atoms with Gasteiger partial charge in [-0.2, -0.15) is 0 Å². The summed E-state index contributed by atoms with van der Waals surface area (Å²) in [6.45, 7) is 1.53. The van der Waals surface area contributed by atoms with Gasteiger partial charge in [0.05, 0.1) is 0 Å². The lowest BCUT2D eigenvalue weighted by atomic mass is 10.1. The second-order valence-corrected chi connectivity index (χ2v) is 4.84. The number of likely N-dealkylation sites (N-methyl/N-ethyl adjacent to an activating group) is 1. The number of benzene rings is 2. The summed E-state index contributed by atoms with van der Waals surface area (Å²) in [7, 11) is 2.02. The summed E-state index contributed by atoms with van der Waals surface area (Å²) in [6.07, 6.45) is 0. The zero-order valence-electron chi connectivity index (χ0n) is 11.1. The number of hydrogen-bond acceptors (Lipinski definition) is 2. The second-order valence-electron chi connectivity index (χ2n) is 4.84. The molecule has 1 atom stereocenters. The Hall–Kier alpha value is -1.71. The van der Waals surface area contributed by atoms with Crippen LogP contribution in [0, 0.1) is 5.82 Å². The van der Waals surface area contributed by atoms with Gasteiger partial charge in [-0.15, -0.1) is 0 Å². The Kier molecular flexibility index (Phi) is 4.66. The van der Waals surface area contributed by atoms with Gasteiger partial charge in [0.25, 0.3) is 0 Å². The van der Waals surface area contributed by atoms with Crippen molar-refractivity contribution in [2.75, 3.05) is 13.6 Å². The Balaban J connectivity index is 1.93. The van der Waals surface area contributed by atoms with Gasteiger partial charge >= 0.3 is 0 Å². The monoisotopic (exact) mass is 258 g/mol. The third kappa shape index (κ3) is 4.16. The van der Waals surface area contributed by atoms with Gasteiger partial charge in [-0.3, -0.25) is 0 Å². The molecule has 0 saturated heterocycles. The van der Waals surface area contributed by atoms with Crippen molar-refractivity contribution in [1.29, 1.82) is 0 Å². The molecule has 2 aromatic carbocycles. The van der Waals surface area contributed by atoms with E-state index in [1.54, 1.807) is 6.07 Å². The van der Waals surface area contributed by atoms with Crippen molar-refractivity contribution in [2.24, 2.45) is 5.73 Å². The van der Waals surface area contributed by atoms with Crippen molar-refractivity contribution in [1.82, 2.24) is 4.90 Å². The molecule has 3 heteroatoms. The van der Waals surface area contributed by atoms with Crippen LogP contribution in [0.3, 0.4) is 0 Å². The highest BCUT2D eigenvalue weighted by Crippen LogP contribution is 2.14. The van der Waals surface area contributed by atoms with E-state index in [1.807, 2.05) is 31.3 Å². The molecular weight excluding hydrogens is 239 g/mol. The Morgan fingerprint density at radius 2 is 1.84 bits per heavy atom.